The number of aliphatic hydroxyl groups is 3. The lowest BCUT2D eigenvalue weighted by Crippen LogP contribution is -2.33. The van der Waals surface area contributed by atoms with Crippen LogP contribution in [0.15, 0.2) is 19.0 Å². The molecule has 0 aromatic carbocycles. The van der Waals surface area contributed by atoms with Crippen molar-refractivity contribution in [1.29, 1.82) is 0 Å². The van der Waals surface area contributed by atoms with Gasteiger partial charge in [0.25, 0.3) is 0 Å². The number of aryl methyl sites for hydroxylation is 1. The predicted octanol–water partition coefficient (Wildman–Crippen LogP) is -0.622. The van der Waals surface area contributed by atoms with Crippen LogP contribution in [0.1, 0.15) is 24.5 Å². The number of hydrogen-bond acceptors (Lipinski definition) is 9. The SMILES string of the molecule is CCc1nc[nH]c1CCNc1ncnc2c1ncn2[C@@H]1O[C@H](CO)[C@@H](O)[C@H]1O. The van der Waals surface area contributed by atoms with E-state index in [2.05, 4.69) is 37.2 Å². The Balaban J connectivity index is 1.52. The highest BCUT2D eigenvalue weighted by Crippen LogP contribution is 2.32. The lowest BCUT2D eigenvalue weighted by molar-refractivity contribution is -0.0511. The topological polar surface area (TPSA) is 154 Å². The van der Waals surface area contributed by atoms with Crippen LogP contribution in [-0.2, 0) is 17.6 Å². The minimum atomic E-state index is -1.20. The summed E-state index contributed by atoms with van der Waals surface area (Å²) in [6, 6.07) is 0. The third kappa shape index (κ3) is 3.22. The number of H-pyrrole nitrogens is 1. The minimum absolute atomic E-state index is 0.392. The quantitative estimate of drug-likeness (QED) is 0.355. The number of hydrogen-bond donors (Lipinski definition) is 5. The first-order valence-corrected chi connectivity index (χ1v) is 9.19. The largest absolute Gasteiger partial charge is 0.394 e. The maximum Gasteiger partial charge on any atom is 0.167 e. The van der Waals surface area contributed by atoms with Crippen LogP contribution in [0.5, 0.6) is 0 Å². The summed E-state index contributed by atoms with van der Waals surface area (Å²) in [5.74, 6) is 0.563. The van der Waals surface area contributed by atoms with Crippen LogP contribution in [0, 0.1) is 0 Å². The standard InChI is InChI=1S/C17H23N7O4/c1-2-9-10(20-6-19-9)3-4-18-15-12-16(22-7-21-15)24(8-23-12)17-14(27)13(26)11(5-25)28-17/h6-8,11,13-14,17,25-27H,2-5H2,1H3,(H,19,20)(H,18,21,22)/t11-,13-,14-,17-/m1/s1. The molecule has 0 bridgehead atoms. The Kier molecular flexibility index (Phi) is 5.22. The number of imidazole rings is 2. The second-order valence-electron chi connectivity index (χ2n) is 6.63. The zero-order valence-corrected chi connectivity index (χ0v) is 15.4. The first-order valence-electron chi connectivity index (χ1n) is 9.19. The number of rotatable bonds is 7. The van der Waals surface area contributed by atoms with Crippen molar-refractivity contribution in [3.63, 3.8) is 0 Å². The molecular formula is C17H23N7O4. The van der Waals surface area contributed by atoms with E-state index in [1.165, 1.54) is 17.2 Å². The number of aromatic nitrogens is 6. The van der Waals surface area contributed by atoms with Gasteiger partial charge in [0.1, 0.15) is 24.6 Å². The highest BCUT2D eigenvalue weighted by atomic mass is 16.6. The monoisotopic (exact) mass is 389 g/mol. The molecule has 0 radical (unpaired) electrons. The van der Waals surface area contributed by atoms with Gasteiger partial charge >= 0.3 is 0 Å². The molecule has 3 aromatic rings. The zero-order chi connectivity index (χ0) is 19.7. The molecule has 11 nitrogen and oxygen atoms in total. The van der Waals surface area contributed by atoms with Gasteiger partial charge in [-0.05, 0) is 6.42 Å². The maximum atomic E-state index is 10.3. The summed E-state index contributed by atoms with van der Waals surface area (Å²) in [6.45, 7) is 2.30. The Labute approximate surface area is 160 Å². The van der Waals surface area contributed by atoms with E-state index in [1.807, 2.05) is 0 Å². The minimum Gasteiger partial charge on any atom is -0.394 e. The summed E-state index contributed by atoms with van der Waals surface area (Å²) in [6.07, 6.45) is 2.06. The van der Waals surface area contributed by atoms with Gasteiger partial charge in [-0.3, -0.25) is 4.57 Å². The molecule has 0 unspecified atom stereocenters. The second kappa shape index (κ2) is 7.80. The Bertz CT molecular complexity index is 943. The molecule has 28 heavy (non-hydrogen) atoms. The summed E-state index contributed by atoms with van der Waals surface area (Å²) in [7, 11) is 0. The number of fused-ring (bicyclic) bond motifs is 1. The molecular weight excluding hydrogens is 366 g/mol. The molecule has 1 aliphatic rings. The highest BCUT2D eigenvalue weighted by Gasteiger charge is 2.44. The molecule has 11 heteroatoms. The van der Waals surface area contributed by atoms with Crippen molar-refractivity contribution < 1.29 is 20.1 Å². The molecule has 4 atom stereocenters. The van der Waals surface area contributed by atoms with Gasteiger partial charge in [-0.15, -0.1) is 0 Å². The predicted molar refractivity (Wildman–Crippen MR) is 98.5 cm³/mol. The van der Waals surface area contributed by atoms with Gasteiger partial charge in [0, 0.05) is 18.7 Å². The molecule has 1 aliphatic heterocycles. The lowest BCUT2D eigenvalue weighted by atomic mass is 10.1. The summed E-state index contributed by atoms with van der Waals surface area (Å²) >= 11 is 0. The van der Waals surface area contributed by atoms with Crippen LogP contribution in [-0.4, -0.2) is 76.3 Å². The van der Waals surface area contributed by atoms with E-state index in [1.54, 1.807) is 6.33 Å². The van der Waals surface area contributed by atoms with Crippen molar-refractivity contribution in [2.45, 2.75) is 44.3 Å². The Morgan fingerprint density at radius 2 is 2.07 bits per heavy atom. The fraction of sp³-hybridized carbons (Fsp3) is 0.529. The van der Waals surface area contributed by atoms with Crippen LogP contribution in [0.3, 0.4) is 0 Å². The van der Waals surface area contributed by atoms with Crippen molar-refractivity contribution in [2.75, 3.05) is 18.5 Å². The van der Waals surface area contributed by atoms with Crippen LogP contribution in [0.4, 0.5) is 5.82 Å². The van der Waals surface area contributed by atoms with Gasteiger partial charge in [-0.25, -0.2) is 19.9 Å². The first kappa shape index (κ1) is 18.7. The van der Waals surface area contributed by atoms with Gasteiger partial charge in [0.05, 0.1) is 25.0 Å². The van der Waals surface area contributed by atoms with Gasteiger partial charge < -0.3 is 30.4 Å². The number of aromatic amines is 1. The Morgan fingerprint density at radius 1 is 1.21 bits per heavy atom. The third-order valence-electron chi connectivity index (χ3n) is 4.96. The molecule has 0 aliphatic carbocycles. The Morgan fingerprint density at radius 3 is 2.82 bits per heavy atom. The van der Waals surface area contributed by atoms with Crippen LogP contribution >= 0.6 is 0 Å². The average molecular weight is 389 g/mol. The van der Waals surface area contributed by atoms with Crippen molar-refractivity contribution in [2.24, 2.45) is 0 Å². The zero-order valence-electron chi connectivity index (χ0n) is 15.4. The van der Waals surface area contributed by atoms with Crippen LogP contribution < -0.4 is 5.32 Å². The van der Waals surface area contributed by atoms with Crippen molar-refractivity contribution in [3.8, 4) is 0 Å². The van der Waals surface area contributed by atoms with E-state index in [9.17, 15) is 15.3 Å². The van der Waals surface area contributed by atoms with Crippen molar-refractivity contribution in [3.05, 3.63) is 30.4 Å². The van der Waals surface area contributed by atoms with Gasteiger partial charge in [0.2, 0.25) is 0 Å². The van der Waals surface area contributed by atoms with E-state index in [4.69, 9.17) is 4.74 Å². The fourth-order valence-corrected chi connectivity index (χ4v) is 3.45. The maximum absolute atomic E-state index is 10.3. The van der Waals surface area contributed by atoms with Gasteiger partial charge in [0.15, 0.2) is 23.2 Å². The molecule has 0 saturated carbocycles. The van der Waals surface area contributed by atoms with E-state index in [-0.39, 0.29) is 0 Å². The molecule has 1 saturated heterocycles. The number of anilines is 1. The molecule has 150 valence electrons. The first-order chi connectivity index (χ1) is 13.6. The molecule has 0 spiro atoms. The number of ether oxygens (including phenoxy) is 1. The van der Waals surface area contributed by atoms with E-state index >= 15 is 0 Å². The highest BCUT2D eigenvalue weighted by molar-refractivity contribution is 5.82. The smallest absolute Gasteiger partial charge is 0.167 e. The van der Waals surface area contributed by atoms with E-state index in [0.29, 0.717) is 23.5 Å². The van der Waals surface area contributed by atoms with Crippen LogP contribution in [0.2, 0.25) is 0 Å². The van der Waals surface area contributed by atoms with Crippen molar-refractivity contribution in [1.82, 2.24) is 29.5 Å². The number of nitrogens with zero attached hydrogens (tertiary/aromatic N) is 5. The molecule has 3 aromatic heterocycles. The summed E-state index contributed by atoms with van der Waals surface area (Å²) in [4.78, 5) is 20.3. The fourth-order valence-electron chi connectivity index (χ4n) is 3.45. The second-order valence-corrected chi connectivity index (χ2v) is 6.63. The molecule has 1 fully saturated rings. The number of aliphatic hydroxyl groups excluding tert-OH is 3. The molecule has 4 rings (SSSR count). The van der Waals surface area contributed by atoms with Crippen molar-refractivity contribution >= 4 is 17.0 Å². The molecule has 5 N–H and O–H groups in total. The number of nitrogens with one attached hydrogen (secondary N) is 2. The normalized spacial score (nSPS) is 24.9. The molecule has 4 heterocycles. The third-order valence-corrected chi connectivity index (χ3v) is 4.96. The summed E-state index contributed by atoms with van der Waals surface area (Å²) in [5, 5.41) is 32.8. The Hall–Kier alpha value is -2.60. The van der Waals surface area contributed by atoms with E-state index < -0.39 is 31.1 Å². The summed E-state index contributed by atoms with van der Waals surface area (Å²) < 4.78 is 7.10. The summed E-state index contributed by atoms with van der Waals surface area (Å²) in [5.41, 5.74) is 3.12. The van der Waals surface area contributed by atoms with Gasteiger partial charge in [-0.1, -0.05) is 6.92 Å². The van der Waals surface area contributed by atoms with E-state index in [0.717, 1.165) is 24.2 Å². The van der Waals surface area contributed by atoms with Gasteiger partial charge in [-0.2, -0.15) is 0 Å². The van der Waals surface area contributed by atoms with Crippen LogP contribution in [0.25, 0.3) is 11.2 Å². The lowest BCUT2D eigenvalue weighted by Gasteiger charge is -2.16. The molecule has 0 amide bonds. The average Bonchev–Trinajstić information content (AvgIpc) is 3.41.